The smallest absolute Gasteiger partial charge is 0.224 e. The second-order valence-corrected chi connectivity index (χ2v) is 9.03. The van der Waals surface area contributed by atoms with Gasteiger partial charge < -0.3 is 10.2 Å². The number of likely N-dealkylation sites (tertiary alicyclic amines) is 1. The molecule has 0 aromatic carbocycles. The van der Waals surface area contributed by atoms with E-state index < -0.39 is 10.0 Å². The minimum absolute atomic E-state index is 0.00891. The van der Waals surface area contributed by atoms with E-state index in [0.717, 1.165) is 19.3 Å². The molecule has 7 heteroatoms. The van der Waals surface area contributed by atoms with E-state index in [1.54, 1.807) is 6.92 Å². The number of hydrogen-bond donors (Lipinski definition) is 1. The average Bonchev–Trinajstić information content (AvgIpc) is 3.09. The van der Waals surface area contributed by atoms with E-state index in [2.05, 4.69) is 17.1 Å². The Morgan fingerprint density at radius 1 is 1.22 bits per heavy atom. The van der Waals surface area contributed by atoms with Gasteiger partial charge >= 0.3 is 0 Å². The van der Waals surface area contributed by atoms with E-state index in [0.29, 0.717) is 25.7 Å². The summed E-state index contributed by atoms with van der Waals surface area (Å²) in [4.78, 5) is 14.8. The van der Waals surface area contributed by atoms with Gasteiger partial charge in [0, 0.05) is 25.7 Å². The van der Waals surface area contributed by atoms with Crippen molar-refractivity contribution < 1.29 is 13.2 Å². The molecule has 134 valence electrons. The maximum absolute atomic E-state index is 12.3. The molecule has 0 bridgehead atoms. The Bertz CT molecular complexity index is 489. The number of rotatable bonds is 7. The lowest BCUT2D eigenvalue weighted by Crippen LogP contribution is -2.46. The second-order valence-electron chi connectivity index (χ2n) is 6.77. The Hall–Kier alpha value is -0.660. The third-order valence-corrected chi connectivity index (χ3v) is 6.99. The van der Waals surface area contributed by atoms with E-state index in [-0.39, 0.29) is 17.6 Å². The molecule has 0 radical (unpaired) electrons. The number of hydrogen-bond acceptors (Lipinski definition) is 4. The van der Waals surface area contributed by atoms with Crippen LogP contribution < -0.4 is 5.32 Å². The number of sulfonamides is 1. The van der Waals surface area contributed by atoms with Gasteiger partial charge in [0.05, 0.1) is 11.7 Å². The summed E-state index contributed by atoms with van der Waals surface area (Å²) in [7, 11) is -3.19. The van der Waals surface area contributed by atoms with Gasteiger partial charge in [-0.25, -0.2) is 12.7 Å². The van der Waals surface area contributed by atoms with Crippen molar-refractivity contribution in [2.75, 3.05) is 38.5 Å². The first-order valence-electron chi connectivity index (χ1n) is 8.93. The van der Waals surface area contributed by atoms with Crippen LogP contribution in [0.1, 0.15) is 46.0 Å². The first-order valence-corrected chi connectivity index (χ1v) is 10.5. The third kappa shape index (κ3) is 5.16. The largest absolute Gasteiger partial charge is 0.356 e. The molecule has 1 N–H and O–H groups in total. The maximum atomic E-state index is 12.3. The number of piperidine rings is 1. The standard InChI is InChI=1S/C16H31N3O3S/c1-3-23(21,22)19-12-6-7-15(13-19)16(20)17-9-8-14(2)18-10-4-5-11-18/h14-15H,3-13H2,1-2H3,(H,17,20)/t14-,15+/m0/s1. The van der Waals surface area contributed by atoms with Crippen LogP contribution in [0.2, 0.25) is 0 Å². The minimum Gasteiger partial charge on any atom is -0.356 e. The highest BCUT2D eigenvalue weighted by molar-refractivity contribution is 7.89. The quantitative estimate of drug-likeness (QED) is 0.748. The summed E-state index contributed by atoms with van der Waals surface area (Å²) in [6.07, 6.45) is 5.06. The predicted molar refractivity (Wildman–Crippen MR) is 91.7 cm³/mol. The minimum atomic E-state index is -3.19. The van der Waals surface area contributed by atoms with Crippen LogP contribution in [0, 0.1) is 5.92 Å². The van der Waals surface area contributed by atoms with E-state index in [4.69, 9.17) is 0 Å². The molecule has 6 nitrogen and oxygen atoms in total. The Kier molecular flexibility index (Phi) is 6.85. The fourth-order valence-corrected chi connectivity index (χ4v) is 4.68. The summed E-state index contributed by atoms with van der Waals surface area (Å²) in [5.74, 6) is -0.0869. The first-order chi connectivity index (χ1) is 10.9. The highest BCUT2D eigenvalue weighted by Gasteiger charge is 2.31. The van der Waals surface area contributed by atoms with Gasteiger partial charge in [0.1, 0.15) is 0 Å². The average molecular weight is 346 g/mol. The number of nitrogens with zero attached hydrogens (tertiary/aromatic N) is 2. The molecule has 23 heavy (non-hydrogen) atoms. The van der Waals surface area contributed by atoms with Crippen molar-refractivity contribution in [3.63, 3.8) is 0 Å². The van der Waals surface area contributed by atoms with Gasteiger partial charge in [-0.1, -0.05) is 0 Å². The van der Waals surface area contributed by atoms with Crippen LogP contribution in [0.4, 0.5) is 0 Å². The van der Waals surface area contributed by atoms with Crippen LogP contribution in [-0.2, 0) is 14.8 Å². The Labute approximate surface area is 140 Å². The molecule has 0 aromatic heterocycles. The van der Waals surface area contributed by atoms with Gasteiger partial charge in [-0.15, -0.1) is 0 Å². The molecule has 0 saturated carbocycles. The fraction of sp³-hybridized carbons (Fsp3) is 0.938. The summed E-state index contributed by atoms with van der Waals surface area (Å²) in [5.41, 5.74) is 0. The molecule has 2 atom stereocenters. The molecule has 1 amide bonds. The normalized spacial score (nSPS) is 25.4. The molecule has 2 aliphatic heterocycles. The van der Waals surface area contributed by atoms with Crippen molar-refractivity contribution in [1.29, 1.82) is 0 Å². The van der Waals surface area contributed by atoms with Crippen LogP contribution in [0.15, 0.2) is 0 Å². The van der Waals surface area contributed by atoms with Crippen molar-refractivity contribution in [2.24, 2.45) is 5.92 Å². The molecule has 0 spiro atoms. The molecule has 2 heterocycles. The van der Waals surface area contributed by atoms with Crippen LogP contribution >= 0.6 is 0 Å². The summed E-state index contributed by atoms with van der Waals surface area (Å²) in [6, 6.07) is 0.501. The van der Waals surface area contributed by atoms with E-state index in [9.17, 15) is 13.2 Å². The molecular weight excluding hydrogens is 314 g/mol. The number of nitrogens with one attached hydrogen (secondary N) is 1. The van der Waals surface area contributed by atoms with Crippen LogP contribution in [0.5, 0.6) is 0 Å². The van der Waals surface area contributed by atoms with Gasteiger partial charge in [-0.2, -0.15) is 0 Å². The van der Waals surface area contributed by atoms with Gasteiger partial charge in [0.25, 0.3) is 0 Å². The molecule has 2 aliphatic rings. The first kappa shape index (κ1) is 18.7. The van der Waals surface area contributed by atoms with Crippen LogP contribution in [-0.4, -0.2) is 68.0 Å². The molecule has 2 saturated heterocycles. The molecule has 0 aliphatic carbocycles. The zero-order valence-corrected chi connectivity index (χ0v) is 15.3. The van der Waals surface area contributed by atoms with Gasteiger partial charge in [-0.05, 0) is 59.0 Å². The van der Waals surface area contributed by atoms with Crippen molar-refractivity contribution >= 4 is 15.9 Å². The Morgan fingerprint density at radius 2 is 1.91 bits per heavy atom. The highest BCUT2D eigenvalue weighted by Crippen LogP contribution is 2.20. The molecule has 2 fully saturated rings. The zero-order valence-electron chi connectivity index (χ0n) is 14.5. The maximum Gasteiger partial charge on any atom is 0.224 e. The predicted octanol–water partition coefficient (Wildman–Crippen LogP) is 1.04. The SMILES string of the molecule is CCS(=O)(=O)N1CCC[C@@H](C(=O)NCC[C@H](C)N2CCCC2)C1. The van der Waals surface area contributed by atoms with Crippen molar-refractivity contribution in [3.8, 4) is 0 Å². The Balaban J connectivity index is 1.74. The topological polar surface area (TPSA) is 69.7 Å². The van der Waals surface area contributed by atoms with Gasteiger partial charge in [0.2, 0.25) is 15.9 Å². The summed E-state index contributed by atoms with van der Waals surface area (Å²) in [5, 5.41) is 3.01. The van der Waals surface area contributed by atoms with Gasteiger partial charge in [0.15, 0.2) is 0 Å². The van der Waals surface area contributed by atoms with Crippen LogP contribution in [0.3, 0.4) is 0 Å². The summed E-state index contributed by atoms with van der Waals surface area (Å²) in [6.45, 7) is 7.76. The lowest BCUT2D eigenvalue weighted by molar-refractivity contribution is -0.126. The highest BCUT2D eigenvalue weighted by atomic mass is 32.2. The van der Waals surface area contributed by atoms with E-state index in [1.165, 1.54) is 30.2 Å². The third-order valence-electron chi connectivity index (χ3n) is 5.14. The van der Waals surface area contributed by atoms with Crippen molar-refractivity contribution in [3.05, 3.63) is 0 Å². The molecular formula is C16H31N3O3S. The lowest BCUT2D eigenvalue weighted by Gasteiger charge is -2.31. The second kappa shape index (κ2) is 8.44. The van der Waals surface area contributed by atoms with E-state index >= 15 is 0 Å². The van der Waals surface area contributed by atoms with Crippen LogP contribution in [0.25, 0.3) is 0 Å². The summed E-state index contributed by atoms with van der Waals surface area (Å²) >= 11 is 0. The zero-order chi connectivity index (χ0) is 16.9. The lowest BCUT2D eigenvalue weighted by atomic mass is 9.99. The van der Waals surface area contributed by atoms with Crippen molar-refractivity contribution in [2.45, 2.75) is 52.0 Å². The van der Waals surface area contributed by atoms with E-state index in [1.807, 2.05) is 0 Å². The summed E-state index contributed by atoms with van der Waals surface area (Å²) < 4.78 is 25.4. The monoisotopic (exact) mass is 345 g/mol. The van der Waals surface area contributed by atoms with Gasteiger partial charge in [-0.3, -0.25) is 4.79 Å². The number of carbonyl (C=O) groups excluding carboxylic acids is 1. The van der Waals surface area contributed by atoms with Crippen molar-refractivity contribution in [1.82, 2.24) is 14.5 Å². The number of carbonyl (C=O) groups is 1. The molecule has 0 aromatic rings. The molecule has 2 rings (SSSR count). The molecule has 0 unspecified atom stereocenters. The number of amides is 1. The fourth-order valence-electron chi connectivity index (χ4n) is 3.51. The Morgan fingerprint density at radius 3 is 2.57 bits per heavy atom.